The second kappa shape index (κ2) is 11.1. The number of aromatic nitrogens is 1. The van der Waals surface area contributed by atoms with Gasteiger partial charge in [-0.2, -0.15) is 0 Å². The van der Waals surface area contributed by atoms with Crippen LogP contribution < -0.4 is 15.4 Å². The lowest BCUT2D eigenvalue weighted by Gasteiger charge is -2.27. The molecule has 2 aromatic carbocycles. The molecule has 0 atom stereocenters. The van der Waals surface area contributed by atoms with Gasteiger partial charge in [0.05, 0.1) is 23.4 Å². The Kier molecular flexibility index (Phi) is 7.69. The standard InChI is InChI=1S/C26H32N4O2/c1-2-32-21-11-9-20(10-12-21)25-19-23(22-7-3-4-8-24(22)29-25)26(31)28-13-5-6-16-30-17-14-27-15-18-30/h3-4,7-12,19,27H,2,5-6,13-18H2,1H3,(H,28,31). The molecule has 6 heteroatoms. The molecule has 1 aromatic heterocycles. The number of fused-ring (bicyclic) bond motifs is 1. The minimum atomic E-state index is -0.0436. The highest BCUT2D eigenvalue weighted by Gasteiger charge is 2.14. The number of benzene rings is 2. The molecule has 3 aromatic rings. The number of hydrogen-bond acceptors (Lipinski definition) is 5. The van der Waals surface area contributed by atoms with Crippen LogP contribution in [0.15, 0.2) is 54.6 Å². The fourth-order valence-corrected chi connectivity index (χ4v) is 4.09. The molecule has 168 valence electrons. The van der Waals surface area contributed by atoms with Crippen LogP contribution in [0, 0.1) is 0 Å². The van der Waals surface area contributed by atoms with E-state index in [1.54, 1.807) is 0 Å². The lowest BCUT2D eigenvalue weighted by atomic mass is 10.0. The summed E-state index contributed by atoms with van der Waals surface area (Å²) in [6.45, 7) is 8.75. The van der Waals surface area contributed by atoms with Crippen molar-refractivity contribution in [3.63, 3.8) is 0 Å². The molecule has 4 rings (SSSR count). The van der Waals surface area contributed by atoms with Gasteiger partial charge in [-0.25, -0.2) is 4.98 Å². The number of unbranched alkanes of at least 4 members (excludes halogenated alkanes) is 1. The summed E-state index contributed by atoms with van der Waals surface area (Å²) in [6.07, 6.45) is 2.07. The van der Waals surface area contributed by atoms with E-state index in [9.17, 15) is 4.79 Å². The third kappa shape index (κ3) is 5.64. The van der Waals surface area contributed by atoms with Crippen molar-refractivity contribution in [3.05, 3.63) is 60.2 Å². The Bertz CT molecular complexity index is 1030. The van der Waals surface area contributed by atoms with E-state index in [2.05, 4.69) is 15.5 Å². The molecule has 1 amide bonds. The fourth-order valence-electron chi connectivity index (χ4n) is 4.09. The lowest BCUT2D eigenvalue weighted by Crippen LogP contribution is -2.43. The molecule has 0 saturated carbocycles. The average Bonchev–Trinajstić information content (AvgIpc) is 2.84. The van der Waals surface area contributed by atoms with E-state index >= 15 is 0 Å². The topological polar surface area (TPSA) is 66.5 Å². The number of piperazine rings is 1. The molecule has 2 N–H and O–H groups in total. The molecule has 6 nitrogen and oxygen atoms in total. The molecule has 0 bridgehead atoms. The van der Waals surface area contributed by atoms with Crippen molar-refractivity contribution in [2.24, 2.45) is 0 Å². The first kappa shape index (κ1) is 22.2. The second-order valence-corrected chi connectivity index (χ2v) is 8.08. The smallest absolute Gasteiger partial charge is 0.252 e. The maximum Gasteiger partial charge on any atom is 0.252 e. The van der Waals surface area contributed by atoms with E-state index in [1.807, 2.05) is 61.5 Å². The molecule has 32 heavy (non-hydrogen) atoms. The molecular weight excluding hydrogens is 400 g/mol. The summed E-state index contributed by atoms with van der Waals surface area (Å²) < 4.78 is 5.54. The van der Waals surface area contributed by atoms with Gasteiger partial charge in [0.15, 0.2) is 0 Å². The van der Waals surface area contributed by atoms with Crippen LogP contribution in [0.2, 0.25) is 0 Å². The average molecular weight is 433 g/mol. The number of para-hydroxylation sites is 1. The van der Waals surface area contributed by atoms with Crippen LogP contribution in [0.5, 0.6) is 5.75 Å². The summed E-state index contributed by atoms with van der Waals surface area (Å²) in [4.78, 5) is 20.3. The zero-order valence-electron chi connectivity index (χ0n) is 18.8. The SMILES string of the molecule is CCOc1ccc(-c2cc(C(=O)NCCCCN3CCNCC3)c3ccccc3n2)cc1. The first-order valence-corrected chi connectivity index (χ1v) is 11.6. The predicted molar refractivity (Wildman–Crippen MR) is 129 cm³/mol. The first-order chi connectivity index (χ1) is 15.7. The summed E-state index contributed by atoms with van der Waals surface area (Å²) in [5, 5.41) is 7.37. The number of pyridine rings is 1. The minimum Gasteiger partial charge on any atom is -0.494 e. The van der Waals surface area contributed by atoms with Gasteiger partial charge in [-0.05, 0) is 62.7 Å². The Labute approximate surface area is 190 Å². The largest absolute Gasteiger partial charge is 0.494 e. The third-order valence-electron chi connectivity index (χ3n) is 5.82. The van der Waals surface area contributed by atoms with Crippen molar-refractivity contribution in [3.8, 4) is 17.0 Å². The Morgan fingerprint density at radius 2 is 1.88 bits per heavy atom. The Morgan fingerprint density at radius 3 is 2.66 bits per heavy atom. The Hall–Kier alpha value is -2.96. The quantitative estimate of drug-likeness (QED) is 0.505. The van der Waals surface area contributed by atoms with Crippen molar-refractivity contribution >= 4 is 16.8 Å². The van der Waals surface area contributed by atoms with Crippen molar-refractivity contribution in [1.82, 2.24) is 20.5 Å². The second-order valence-electron chi connectivity index (χ2n) is 8.08. The zero-order chi connectivity index (χ0) is 22.2. The van der Waals surface area contributed by atoms with Crippen molar-refractivity contribution in [2.45, 2.75) is 19.8 Å². The maximum atomic E-state index is 13.1. The molecule has 1 aliphatic heterocycles. The summed E-state index contributed by atoms with van der Waals surface area (Å²) >= 11 is 0. The van der Waals surface area contributed by atoms with E-state index < -0.39 is 0 Å². The van der Waals surface area contributed by atoms with Crippen LogP contribution in [0.3, 0.4) is 0 Å². The number of rotatable bonds is 9. The number of hydrogen-bond donors (Lipinski definition) is 2. The molecule has 0 spiro atoms. The van der Waals surface area contributed by atoms with Gasteiger partial charge in [-0.15, -0.1) is 0 Å². The molecule has 0 aliphatic carbocycles. The number of nitrogens with zero attached hydrogens (tertiary/aromatic N) is 2. The summed E-state index contributed by atoms with van der Waals surface area (Å²) in [5.41, 5.74) is 3.24. The van der Waals surface area contributed by atoms with E-state index in [0.29, 0.717) is 18.7 Å². The van der Waals surface area contributed by atoms with Crippen molar-refractivity contribution in [2.75, 3.05) is 45.9 Å². The summed E-state index contributed by atoms with van der Waals surface area (Å²) in [5.74, 6) is 0.786. The van der Waals surface area contributed by atoms with E-state index in [4.69, 9.17) is 9.72 Å². The van der Waals surface area contributed by atoms with Gasteiger partial charge >= 0.3 is 0 Å². The highest BCUT2D eigenvalue weighted by Crippen LogP contribution is 2.26. The van der Waals surface area contributed by atoms with Gasteiger partial charge in [0.25, 0.3) is 5.91 Å². The van der Waals surface area contributed by atoms with Gasteiger partial charge in [0, 0.05) is 43.7 Å². The van der Waals surface area contributed by atoms with Gasteiger partial charge in [-0.3, -0.25) is 4.79 Å². The van der Waals surface area contributed by atoms with Crippen LogP contribution in [-0.4, -0.2) is 61.7 Å². The molecule has 1 saturated heterocycles. The molecule has 1 aliphatic rings. The van der Waals surface area contributed by atoms with Gasteiger partial charge in [0.2, 0.25) is 0 Å². The number of carbonyl (C=O) groups excluding carboxylic acids is 1. The molecule has 2 heterocycles. The van der Waals surface area contributed by atoms with Gasteiger partial charge in [-0.1, -0.05) is 18.2 Å². The highest BCUT2D eigenvalue weighted by molar-refractivity contribution is 6.07. The third-order valence-corrected chi connectivity index (χ3v) is 5.82. The van der Waals surface area contributed by atoms with Crippen LogP contribution in [0.1, 0.15) is 30.1 Å². The van der Waals surface area contributed by atoms with Crippen LogP contribution in [0.25, 0.3) is 22.2 Å². The van der Waals surface area contributed by atoms with E-state index in [-0.39, 0.29) is 5.91 Å². The maximum absolute atomic E-state index is 13.1. The van der Waals surface area contributed by atoms with Crippen LogP contribution in [0.4, 0.5) is 0 Å². The van der Waals surface area contributed by atoms with E-state index in [1.165, 1.54) is 0 Å². The van der Waals surface area contributed by atoms with Gasteiger partial charge < -0.3 is 20.3 Å². The normalized spacial score (nSPS) is 14.4. The predicted octanol–water partition coefficient (Wildman–Crippen LogP) is 3.72. The Morgan fingerprint density at radius 1 is 1.09 bits per heavy atom. The van der Waals surface area contributed by atoms with E-state index in [0.717, 1.165) is 73.5 Å². The minimum absolute atomic E-state index is 0.0436. The zero-order valence-corrected chi connectivity index (χ0v) is 18.8. The highest BCUT2D eigenvalue weighted by atomic mass is 16.5. The molecule has 1 fully saturated rings. The van der Waals surface area contributed by atoms with Crippen LogP contribution >= 0.6 is 0 Å². The Balaban J connectivity index is 1.44. The number of ether oxygens (including phenoxy) is 1. The fraction of sp³-hybridized carbons (Fsp3) is 0.385. The van der Waals surface area contributed by atoms with Crippen molar-refractivity contribution in [1.29, 1.82) is 0 Å². The number of nitrogens with one attached hydrogen (secondary N) is 2. The summed E-state index contributed by atoms with van der Waals surface area (Å²) in [7, 11) is 0. The molecule has 0 unspecified atom stereocenters. The lowest BCUT2D eigenvalue weighted by molar-refractivity contribution is 0.0954. The number of carbonyl (C=O) groups is 1. The molecule has 0 radical (unpaired) electrons. The first-order valence-electron chi connectivity index (χ1n) is 11.6. The van der Waals surface area contributed by atoms with Gasteiger partial charge in [0.1, 0.15) is 5.75 Å². The van der Waals surface area contributed by atoms with Crippen molar-refractivity contribution < 1.29 is 9.53 Å². The summed E-state index contributed by atoms with van der Waals surface area (Å²) in [6, 6.07) is 17.6. The van der Waals surface area contributed by atoms with Crippen LogP contribution in [-0.2, 0) is 0 Å². The number of amides is 1. The monoisotopic (exact) mass is 432 g/mol. The molecular formula is C26H32N4O2.